The fourth-order valence-corrected chi connectivity index (χ4v) is 10.2. The van der Waals surface area contributed by atoms with Gasteiger partial charge >= 0.3 is 6.09 Å². The van der Waals surface area contributed by atoms with Crippen LogP contribution in [-0.4, -0.2) is 86.7 Å². The van der Waals surface area contributed by atoms with E-state index in [4.69, 9.17) is 25.2 Å². The van der Waals surface area contributed by atoms with Gasteiger partial charge in [-0.25, -0.2) is 18.2 Å². The number of thiazole rings is 1. The second-order valence-corrected chi connectivity index (χ2v) is 21.6. The maximum absolute atomic E-state index is 14.3. The van der Waals surface area contributed by atoms with Crippen molar-refractivity contribution in [3.8, 4) is 27.8 Å². The second-order valence-electron chi connectivity index (χ2n) is 18.5. The maximum Gasteiger partial charge on any atom is 0.408 e. The highest BCUT2D eigenvalue weighted by Crippen LogP contribution is 2.44. The third-order valence-corrected chi connectivity index (χ3v) is 15.0. The molecule has 63 heavy (non-hydrogen) atoms. The Morgan fingerprint density at radius 3 is 2.44 bits per heavy atom. The Hall–Kier alpha value is -5.29. The number of amides is 4. The molecule has 1 aliphatic heterocycles. The van der Waals surface area contributed by atoms with E-state index in [1.807, 2.05) is 84.5 Å². The van der Waals surface area contributed by atoms with Crippen LogP contribution in [0.4, 0.5) is 4.79 Å². The molecule has 17 heteroatoms. The Morgan fingerprint density at radius 2 is 1.76 bits per heavy atom. The second kappa shape index (κ2) is 18.4. The van der Waals surface area contributed by atoms with Gasteiger partial charge in [0.15, 0.2) is 0 Å². The molecule has 0 unspecified atom stereocenters. The number of nitrogens with zero attached hydrogens (tertiary/aromatic N) is 4. The zero-order chi connectivity index (χ0) is 45.3. The summed E-state index contributed by atoms with van der Waals surface area (Å²) in [5.41, 5.74) is 9.46. The summed E-state index contributed by atoms with van der Waals surface area (Å²) in [6.45, 7) is 11.0. The van der Waals surface area contributed by atoms with E-state index in [9.17, 15) is 27.6 Å². The van der Waals surface area contributed by atoms with Crippen LogP contribution in [0.5, 0.6) is 6.01 Å². The van der Waals surface area contributed by atoms with Gasteiger partial charge in [0.2, 0.25) is 27.7 Å². The summed E-state index contributed by atoms with van der Waals surface area (Å²) in [5, 5.41) is 5.61. The number of hydrogen-bond donors (Lipinski definition) is 3. The first kappa shape index (κ1) is 45.7. The van der Waals surface area contributed by atoms with E-state index >= 15 is 0 Å². The molecule has 3 heterocycles. The van der Waals surface area contributed by atoms with Gasteiger partial charge in [-0.3, -0.25) is 23.7 Å². The van der Waals surface area contributed by atoms with Crippen LogP contribution in [0.3, 0.4) is 0 Å². The van der Waals surface area contributed by atoms with Gasteiger partial charge in [0, 0.05) is 34.9 Å². The van der Waals surface area contributed by atoms with Gasteiger partial charge in [0.1, 0.15) is 34.3 Å². The molecule has 2 aliphatic carbocycles. The first-order valence-electron chi connectivity index (χ1n) is 21.9. The molecule has 2 aromatic carbocycles. The Labute approximate surface area is 373 Å². The smallest absolute Gasteiger partial charge is 0.408 e. The third kappa shape index (κ3) is 10.7. The van der Waals surface area contributed by atoms with Crippen molar-refractivity contribution in [2.75, 3.05) is 6.54 Å². The van der Waals surface area contributed by atoms with Gasteiger partial charge < -0.3 is 25.4 Å². The molecule has 0 bridgehead atoms. The minimum atomic E-state index is -3.65. The number of benzene rings is 2. The van der Waals surface area contributed by atoms with Crippen LogP contribution >= 0.6 is 11.3 Å². The van der Waals surface area contributed by atoms with Gasteiger partial charge in [-0.1, -0.05) is 61.4 Å². The summed E-state index contributed by atoms with van der Waals surface area (Å²) in [5.74, 6) is -1.89. The zero-order valence-corrected chi connectivity index (χ0v) is 38.5. The molecule has 7 rings (SSSR count). The van der Waals surface area contributed by atoms with Gasteiger partial charge in [-0.2, -0.15) is 4.98 Å². The largest absolute Gasteiger partial charge is 0.459 e. The number of hydrogen-bond acceptors (Lipinski definition) is 11. The summed E-state index contributed by atoms with van der Waals surface area (Å²) >= 11 is 1.54. The SMILES string of the molecule is CC(C)n1c(O[C@@H]2C[C@@H](C(N)=O)N(C(=O)[C@H](CCCCC/C=C\[C@@H]3C[C@@H]3C(=O)NS(=O)(=O)C3(C)CC3)NC(=O)OC(C)(C)C)C2)nc2c(-c3nc(-c4ccccc4)cs3)cccc21. The predicted octanol–water partition coefficient (Wildman–Crippen LogP) is 7.28. The number of alkyl carbamates (subject to hydrolysis) is 1. The lowest BCUT2D eigenvalue weighted by Gasteiger charge is -2.28. The number of para-hydroxylation sites is 1. The minimum Gasteiger partial charge on any atom is -0.459 e. The molecule has 0 radical (unpaired) electrons. The number of likely N-dealkylation sites (tertiary alicyclic amines) is 1. The van der Waals surface area contributed by atoms with Crippen LogP contribution in [-0.2, 0) is 29.1 Å². The first-order chi connectivity index (χ1) is 29.8. The van der Waals surface area contributed by atoms with E-state index in [0.717, 1.165) is 52.1 Å². The predicted molar refractivity (Wildman–Crippen MR) is 242 cm³/mol. The van der Waals surface area contributed by atoms with Crippen molar-refractivity contribution >= 4 is 56.2 Å². The molecule has 338 valence electrons. The summed E-state index contributed by atoms with van der Waals surface area (Å²) in [4.78, 5) is 64.2. The van der Waals surface area contributed by atoms with Crippen LogP contribution in [0, 0.1) is 11.8 Å². The Bertz CT molecular complexity index is 2470. The van der Waals surface area contributed by atoms with E-state index in [2.05, 4.69) is 10.0 Å². The molecule has 0 spiro atoms. The van der Waals surface area contributed by atoms with Crippen molar-refractivity contribution in [3.63, 3.8) is 0 Å². The number of primary amides is 1. The number of nitrogens with two attached hydrogens (primary N) is 1. The summed E-state index contributed by atoms with van der Waals surface area (Å²) < 4.78 is 40.4. The quantitative estimate of drug-likeness (QED) is 0.0673. The van der Waals surface area contributed by atoms with Crippen LogP contribution in [0.15, 0.2) is 66.1 Å². The fraction of sp³-hybridized carbons (Fsp3) is 0.522. The zero-order valence-electron chi connectivity index (χ0n) is 36.8. The lowest BCUT2D eigenvalue weighted by atomic mass is 10.0. The summed E-state index contributed by atoms with van der Waals surface area (Å²) in [6, 6.07) is 14.3. The fourth-order valence-electron chi connectivity index (χ4n) is 8.01. The van der Waals surface area contributed by atoms with Crippen molar-refractivity contribution in [1.82, 2.24) is 29.5 Å². The molecular formula is C46H59N7O8S2. The first-order valence-corrected chi connectivity index (χ1v) is 24.2. The van der Waals surface area contributed by atoms with Crippen molar-refractivity contribution in [2.24, 2.45) is 17.6 Å². The van der Waals surface area contributed by atoms with Crippen molar-refractivity contribution < 1.29 is 37.1 Å². The number of unbranched alkanes of at least 4 members (excludes halogenated alkanes) is 3. The van der Waals surface area contributed by atoms with Gasteiger partial charge in [-0.15, -0.1) is 11.3 Å². The Kier molecular flexibility index (Phi) is 13.4. The number of aromatic nitrogens is 3. The van der Waals surface area contributed by atoms with E-state index in [0.29, 0.717) is 38.1 Å². The number of allylic oxidation sites excluding steroid dienone is 2. The van der Waals surface area contributed by atoms with Crippen molar-refractivity contribution in [2.45, 2.75) is 134 Å². The van der Waals surface area contributed by atoms with Crippen molar-refractivity contribution in [3.05, 3.63) is 66.1 Å². The van der Waals surface area contributed by atoms with E-state index in [-0.39, 0.29) is 30.8 Å². The molecule has 4 N–H and O–H groups in total. The molecule has 2 aromatic heterocycles. The monoisotopic (exact) mass is 901 g/mol. The third-order valence-electron chi connectivity index (χ3n) is 11.9. The van der Waals surface area contributed by atoms with Gasteiger partial charge in [0.25, 0.3) is 6.01 Å². The van der Waals surface area contributed by atoms with Gasteiger partial charge in [0.05, 0.1) is 22.5 Å². The van der Waals surface area contributed by atoms with Crippen LogP contribution < -0.4 is 20.5 Å². The average molecular weight is 902 g/mol. The normalized spacial score (nSPS) is 21.1. The highest BCUT2D eigenvalue weighted by Gasteiger charge is 2.52. The molecular weight excluding hydrogens is 843 g/mol. The average Bonchev–Trinajstić information content (AvgIpc) is 3.98. The lowest BCUT2D eigenvalue weighted by Crippen LogP contribution is -2.53. The minimum absolute atomic E-state index is 0.0120. The number of sulfonamides is 1. The highest BCUT2D eigenvalue weighted by molar-refractivity contribution is 7.91. The number of carbonyl (C=O) groups excluding carboxylic acids is 4. The number of ether oxygens (including phenoxy) is 2. The summed E-state index contributed by atoms with van der Waals surface area (Å²) in [7, 11) is -3.65. The number of imidazole rings is 1. The lowest BCUT2D eigenvalue weighted by molar-refractivity contribution is -0.139. The van der Waals surface area contributed by atoms with Gasteiger partial charge in [-0.05, 0) is 98.1 Å². The standard InChI is InChI=1S/C46H59N7O8S2/c1-28(2)53-36-21-15-19-32(41-48-35(27-62-41)29-16-12-10-13-17-29)38(36)50-43(53)60-31-25-37(39(47)54)52(26-31)42(56)34(49-44(57)61-45(3,4)5)20-14-9-7-8-11-18-30-24-33(30)40(55)51-63(58,59)46(6)22-23-46/h10-13,15-19,21,27-28,30-31,33-34,37H,7-9,14,20,22-26H2,1-6H3,(H2,47,54)(H,49,57)(H,51,55)/b18-11-/t30-,31-,33+,34+,37+/m1/s1. The molecule has 4 amide bonds. The maximum atomic E-state index is 14.3. The number of carbonyl (C=O) groups is 4. The van der Waals surface area contributed by atoms with E-state index in [1.165, 1.54) is 16.2 Å². The number of nitrogens with one attached hydrogen (secondary N) is 2. The van der Waals surface area contributed by atoms with Crippen LogP contribution in [0.1, 0.15) is 105 Å². The Balaban J connectivity index is 0.993. The molecule has 2 saturated carbocycles. The van der Waals surface area contributed by atoms with E-state index < -0.39 is 62.4 Å². The van der Waals surface area contributed by atoms with Crippen LogP contribution in [0.25, 0.3) is 32.9 Å². The molecule has 5 atom stereocenters. The number of rotatable bonds is 18. The van der Waals surface area contributed by atoms with Crippen LogP contribution in [0.2, 0.25) is 0 Å². The number of fused-ring (bicyclic) bond motifs is 1. The van der Waals surface area contributed by atoms with E-state index in [1.54, 1.807) is 27.7 Å². The molecule has 4 aromatic rings. The molecule has 3 fully saturated rings. The topological polar surface area (TPSA) is 205 Å². The highest BCUT2D eigenvalue weighted by atomic mass is 32.2. The molecule has 15 nitrogen and oxygen atoms in total. The summed E-state index contributed by atoms with van der Waals surface area (Å²) in [6.07, 6.45) is 7.65. The molecule has 3 aliphatic rings. The Morgan fingerprint density at radius 1 is 1.02 bits per heavy atom. The molecule has 1 saturated heterocycles. The van der Waals surface area contributed by atoms with Crippen molar-refractivity contribution in [1.29, 1.82) is 0 Å².